The van der Waals surface area contributed by atoms with Gasteiger partial charge in [-0.25, -0.2) is 0 Å². The Morgan fingerprint density at radius 2 is 2.11 bits per heavy atom. The molecule has 2 rings (SSSR count). The predicted octanol–water partition coefficient (Wildman–Crippen LogP) is 3.83. The number of nitrogens with one attached hydrogen (secondary N) is 1. The summed E-state index contributed by atoms with van der Waals surface area (Å²) in [5.41, 5.74) is 6.17. The van der Waals surface area contributed by atoms with Crippen LogP contribution in [0.5, 0.6) is 0 Å². The molecule has 0 bridgehead atoms. The largest absolute Gasteiger partial charge is 0.329 e. The first-order valence-corrected chi connectivity index (χ1v) is 8.36. The van der Waals surface area contributed by atoms with Crippen LogP contribution in [0.3, 0.4) is 0 Å². The molecule has 0 aromatic carbocycles. The van der Waals surface area contributed by atoms with Gasteiger partial charge >= 0.3 is 0 Å². The third-order valence-electron chi connectivity index (χ3n) is 3.82. The highest BCUT2D eigenvalue weighted by Crippen LogP contribution is 2.34. The topological polar surface area (TPSA) is 38.0 Å². The third-order valence-corrected chi connectivity index (χ3v) is 5.45. The summed E-state index contributed by atoms with van der Waals surface area (Å²) < 4.78 is 0. The summed E-state index contributed by atoms with van der Waals surface area (Å²) in [6.45, 7) is 8.59. The summed E-state index contributed by atoms with van der Waals surface area (Å²) >= 11 is 1.91. The monoisotopic (exact) mass is 280 g/mol. The summed E-state index contributed by atoms with van der Waals surface area (Å²) in [4.78, 5) is 2.83. The minimum atomic E-state index is 0.244. The molecule has 0 aliphatic heterocycles. The quantitative estimate of drug-likeness (QED) is 0.745. The van der Waals surface area contributed by atoms with Gasteiger partial charge in [0.1, 0.15) is 0 Å². The van der Waals surface area contributed by atoms with Gasteiger partial charge in [0.25, 0.3) is 0 Å². The molecule has 1 saturated carbocycles. The predicted molar refractivity (Wildman–Crippen MR) is 84.8 cm³/mol. The van der Waals surface area contributed by atoms with Crippen molar-refractivity contribution in [2.45, 2.75) is 57.9 Å². The molecule has 0 saturated heterocycles. The molecule has 1 aliphatic rings. The van der Waals surface area contributed by atoms with Crippen molar-refractivity contribution in [3.63, 3.8) is 0 Å². The van der Waals surface area contributed by atoms with Crippen LogP contribution in [-0.4, -0.2) is 13.1 Å². The highest BCUT2D eigenvalue weighted by molar-refractivity contribution is 7.12. The van der Waals surface area contributed by atoms with Crippen molar-refractivity contribution in [1.29, 1.82) is 0 Å². The van der Waals surface area contributed by atoms with E-state index in [0.29, 0.717) is 12.6 Å². The van der Waals surface area contributed by atoms with Crippen LogP contribution in [0.4, 0.5) is 0 Å². The number of hydrogen-bond donors (Lipinski definition) is 2. The minimum Gasteiger partial charge on any atom is -0.329 e. The lowest BCUT2D eigenvalue weighted by atomic mass is 9.95. The first-order chi connectivity index (χ1) is 9.00. The van der Waals surface area contributed by atoms with Gasteiger partial charge in [-0.05, 0) is 42.9 Å². The highest BCUT2D eigenvalue weighted by Gasteiger charge is 2.21. The zero-order valence-corrected chi connectivity index (χ0v) is 13.4. The Bertz CT molecular complexity index is 388. The van der Waals surface area contributed by atoms with E-state index in [1.807, 2.05) is 11.3 Å². The molecule has 1 unspecified atom stereocenters. The summed E-state index contributed by atoms with van der Waals surface area (Å²) in [7, 11) is 0. The van der Waals surface area contributed by atoms with Crippen LogP contribution in [0, 0.1) is 5.92 Å². The van der Waals surface area contributed by atoms with Crippen molar-refractivity contribution in [2.24, 2.45) is 11.7 Å². The normalized spacial score (nSPS) is 17.7. The second-order valence-electron chi connectivity index (χ2n) is 6.78. The van der Waals surface area contributed by atoms with E-state index < -0.39 is 0 Å². The first kappa shape index (κ1) is 15.0. The molecule has 1 aliphatic carbocycles. The Balaban J connectivity index is 1.83. The van der Waals surface area contributed by atoms with Crippen LogP contribution in [0.15, 0.2) is 12.1 Å². The van der Waals surface area contributed by atoms with Crippen molar-refractivity contribution < 1.29 is 0 Å². The van der Waals surface area contributed by atoms with Crippen molar-refractivity contribution in [2.75, 3.05) is 13.1 Å². The smallest absolute Gasteiger partial charge is 0.0539 e. The lowest BCUT2D eigenvalue weighted by Crippen LogP contribution is -2.28. The molecule has 0 amide bonds. The lowest BCUT2D eigenvalue weighted by Gasteiger charge is -2.17. The molecule has 1 aromatic heterocycles. The molecule has 3 N–H and O–H groups in total. The van der Waals surface area contributed by atoms with E-state index in [0.717, 1.165) is 12.5 Å². The van der Waals surface area contributed by atoms with Gasteiger partial charge in [-0.2, -0.15) is 0 Å². The molecular formula is C16H28N2S. The van der Waals surface area contributed by atoms with Gasteiger partial charge in [0.05, 0.1) is 6.04 Å². The molecular weight excluding hydrogens is 252 g/mol. The number of thiophene rings is 1. The summed E-state index contributed by atoms with van der Waals surface area (Å²) in [5, 5.41) is 3.62. The fraction of sp³-hybridized carbons (Fsp3) is 0.750. The molecule has 2 nitrogen and oxygen atoms in total. The molecule has 19 heavy (non-hydrogen) atoms. The van der Waals surface area contributed by atoms with Crippen LogP contribution in [-0.2, 0) is 5.41 Å². The van der Waals surface area contributed by atoms with Crippen molar-refractivity contribution >= 4 is 11.3 Å². The van der Waals surface area contributed by atoms with E-state index in [4.69, 9.17) is 5.73 Å². The second-order valence-corrected chi connectivity index (χ2v) is 7.90. The molecule has 0 radical (unpaired) electrons. The Morgan fingerprint density at radius 1 is 1.37 bits per heavy atom. The molecule has 108 valence electrons. The fourth-order valence-corrected chi connectivity index (χ4v) is 3.47. The van der Waals surface area contributed by atoms with Crippen LogP contribution in [0.2, 0.25) is 0 Å². The number of rotatable bonds is 7. The second kappa shape index (κ2) is 6.38. The Morgan fingerprint density at radius 3 is 2.63 bits per heavy atom. The molecule has 3 heteroatoms. The van der Waals surface area contributed by atoms with E-state index >= 15 is 0 Å². The van der Waals surface area contributed by atoms with Gasteiger partial charge in [0.2, 0.25) is 0 Å². The Hall–Kier alpha value is -0.380. The number of nitrogens with two attached hydrogens (primary N) is 1. The SMILES string of the molecule is CC(C)(C)c1ccc(C(CN)NCCCC2CC2)s1. The minimum absolute atomic E-state index is 0.244. The Kier molecular flexibility index (Phi) is 5.04. The van der Waals surface area contributed by atoms with Gasteiger partial charge in [-0.1, -0.05) is 33.6 Å². The summed E-state index contributed by atoms with van der Waals surface area (Å²) in [5.74, 6) is 1.03. The van der Waals surface area contributed by atoms with E-state index in [9.17, 15) is 0 Å². The molecule has 1 heterocycles. The number of hydrogen-bond acceptors (Lipinski definition) is 3. The van der Waals surface area contributed by atoms with Crippen molar-refractivity contribution in [1.82, 2.24) is 5.32 Å². The van der Waals surface area contributed by atoms with Crippen LogP contribution < -0.4 is 11.1 Å². The standard InChI is InChI=1S/C16H28N2S/c1-16(2,3)15-9-8-14(19-15)13(11-17)18-10-4-5-12-6-7-12/h8-9,12-13,18H,4-7,10-11,17H2,1-3H3. The van der Waals surface area contributed by atoms with Crippen LogP contribution >= 0.6 is 11.3 Å². The van der Waals surface area contributed by atoms with E-state index in [-0.39, 0.29) is 5.41 Å². The van der Waals surface area contributed by atoms with E-state index in [1.54, 1.807) is 0 Å². The fourth-order valence-electron chi connectivity index (χ4n) is 2.32. The van der Waals surface area contributed by atoms with Crippen LogP contribution in [0.1, 0.15) is 62.3 Å². The molecule has 1 fully saturated rings. The first-order valence-electron chi connectivity index (χ1n) is 7.54. The van der Waals surface area contributed by atoms with E-state index in [2.05, 4.69) is 38.2 Å². The third kappa shape index (κ3) is 4.59. The zero-order valence-electron chi connectivity index (χ0n) is 12.5. The van der Waals surface area contributed by atoms with Gasteiger partial charge in [0, 0.05) is 16.3 Å². The maximum absolute atomic E-state index is 5.92. The lowest BCUT2D eigenvalue weighted by molar-refractivity contribution is 0.517. The van der Waals surface area contributed by atoms with Crippen molar-refractivity contribution in [3.05, 3.63) is 21.9 Å². The molecule has 1 aromatic rings. The maximum Gasteiger partial charge on any atom is 0.0539 e. The average molecular weight is 280 g/mol. The van der Waals surface area contributed by atoms with Gasteiger partial charge in [0.15, 0.2) is 0 Å². The summed E-state index contributed by atoms with van der Waals surface area (Å²) in [6.07, 6.45) is 5.60. The Labute approximate surface area is 121 Å². The highest BCUT2D eigenvalue weighted by atomic mass is 32.1. The van der Waals surface area contributed by atoms with Crippen molar-refractivity contribution in [3.8, 4) is 0 Å². The molecule has 0 spiro atoms. The van der Waals surface area contributed by atoms with Gasteiger partial charge in [-0.15, -0.1) is 11.3 Å². The van der Waals surface area contributed by atoms with Crippen LogP contribution in [0.25, 0.3) is 0 Å². The van der Waals surface area contributed by atoms with E-state index in [1.165, 1.54) is 35.4 Å². The maximum atomic E-state index is 5.92. The van der Waals surface area contributed by atoms with Gasteiger partial charge < -0.3 is 11.1 Å². The van der Waals surface area contributed by atoms with Gasteiger partial charge in [-0.3, -0.25) is 0 Å². The summed E-state index contributed by atoms with van der Waals surface area (Å²) in [6, 6.07) is 4.84. The zero-order chi connectivity index (χ0) is 13.9. The average Bonchev–Trinajstić information content (AvgIpc) is 3.02. The molecule has 1 atom stereocenters.